The van der Waals surface area contributed by atoms with E-state index in [1.807, 2.05) is 0 Å². The van der Waals surface area contributed by atoms with Gasteiger partial charge < -0.3 is 19.3 Å². The summed E-state index contributed by atoms with van der Waals surface area (Å²) >= 11 is 0. The van der Waals surface area contributed by atoms with Crippen molar-refractivity contribution in [2.24, 2.45) is 0 Å². The molecule has 80 valence electrons. The average molecular weight is 211 g/mol. The zero-order valence-corrected chi connectivity index (χ0v) is 7.90. The van der Waals surface area contributed by atoms with Crippen molar-refractivity contribution in [1.29, 1.82) is 0 Å². The molecule has 2 aliphatic heterocycles. The second-order valence-electron chi connectivity index (χ2n) is 3.71. The monoisotopic (exact) mass is 211 g/mol. The Morgan fingerprint density at radius 2 is 2.53 bits per heavy atom. The van der Waals surface area contributed by atoms with Gasteiger partial charge in [0.2, 0.25) is 6.29 Å². The van der Waals surface area contributed by atoms with Gasteiger partial charge in [-0.3, -0.25) is 0 Å². The lowest BCUT2D eigenvalue weighted by Crippen LogP contribution is -2.13. The molecule has 0 aromatic heterocycles. The van der Waals surface area contributed by atoms with Crippen molar-refractivity contribution in [1.82, 2.24) is 0 Å². The molecule has 3 rings (SSSR count). The number of hydrogen-bond donors (Lipinski definition) is 1. The average Bonchev–Trinajstić information content (AvgIpc) is 2.72. The number of rotatable bonds is 1. The van der Waals surface area contributed by atoms with E-state index in [4.69, 9.17) is 18.3 Å². The van der Waals surface area contributed by atoms with Crippen LogP contribution in [0.5, 0.6) is 17.2 Å². The van der Waals surface area contributed by atoms with Crippen LogP contribution in [0.4, 0.5) is 0 Å². The highest BCUT2D eigenvalue weighted by Gasteiger charge is 2.41. The maximum atomic E-state index is 9.96. The van der Waals surface area contributed by atoms with Crippen LogP contribution in [0.15, 0.2) is 12.1 Å². The summed E-state index contributed by atoms with van der Waals surface area (Å²) in [6.07, 6.45) is 0.402. The Kier molecular flexibility index (Phi) is 1.26. The number of hydrogen-bond acceptors (Lipinski definition) is 4. The number of ether oxygens (including phenoxy) is 3. The van der Waals surface area contributed by atoms with Gasteiger partial charge in [-0.2, -0.15) is 0 Å². The first-order valence-corrected chi connectivity index (χ1v) is 4.78. The summed E-state index contributed by atoms with van der Waals surface area (Å²) in [6, 6.07) is 2.78. The Hall–Kier alpha value is -1.42. The summed E-state index contributed by atoms with van der Waals surface area (Å²) in [4.78, 5) is 0. The van der Waals surface area contributed by atoms with E-state index < -0.39 is 7.04 Å². The molecule has 1 fully saturated rings. The topological polar surface area (TPSA) is 47.9 Å². The number of fused-ring (bicyclic) bond motifs is 3. The van der Waals surface area contributed by atoms with E-state index in [9.17, 15) is 5.11 Å². The Labute approximate surface area is 91.6 Å². The van der Waals surface area contributed by atoms with E-state index in [0.29, 0.717) is 17.9 Å². The fourth-order valence-electron chi connectivity index (χ4n) is 2.20. The van der Waals surface area contributed by atoms with Crippen LogP contribution in [0, 0.1) is 0 Å². The number of phenolic OH excluding ortho intramolecular Hbond substituents is 1. The highest BCUT2D eigenvalue weighted by atomic mass is 16.7. The second-order valence-corrected chi connectivity index (χ2v) is 3.71. The minimum Gasteiger partial charge on any atom is -0.507 e. The first-order chi connectivity index (χ1) is 8.44. The van der Waals surface area contributed by atoms with Crippen molar-refractivity contribution in [2.45, 2.75) is 18.6 Å². The fourth-order valence-corrected chi connectivity index (χ4v) is 2.20. The highest BCUT2D eigenvalue weighted by molar-refractivity contribution is 5.54. The first kappa shape index (κ1) is 6.23. The normalized spacial score (nSPS) is 30.8. The predicted molar refractivity (Wildman–Crippen MR) is 52.4 cm³/mol. The molecule has 0 saturated carbocycles. The zero-order chi connectivity index (χ0) is 12.9. The van der Waals surface area contributed by atoms with Crippen molar-refractivity contribution in [3.05, 3.63) is 17.7 Å². The van der Waals surface area contributed by atoms with Crippen molar-refractivity contribution in [3.8, 4) is 17.2 Å². The van der Waals surface area contributed by atoms with E-state index in [0.717, 1.165) is 6.42 Å². The lowest BCUT2D eigenvalue weighted by atomic mass is 9.97. The van der Waals surface area contributed by atoms with Crippen LogP contribution in [0.25, 0.3) is 0 Å². The van der Waals surface area contributed by atoms with Crippen LogP contribution < -0.4 is 9.47 Å². The van der Waals surface area contributed by atoms with E-state index in [1.54, 1.807) is 0 Å². The first-order valence-electron chi connectivity index (χ1n) is 6.28. The Morgan fingerprint density at radius 1 is 1.60 bits per heavy atom. The third-order valence-electron chi connectivity index (χ3n) is 2.87. The Bertz CT molecular complexity index is 486. The molecule has 4 nitrogen and oxygen atoms in total. The van der Waals surface area contributed by atoms with Crippen LogP contribution in [0.1, 0.15) is 22.0 Å². The second kappa shape index (κ2) is 3.03. The minimum absolute atomic E-state index is 0.00949. The van der Waals surface area contributed by atoms with Crippen LogP contribution in [-0.2, 0) is 4.74 Å². The van der Waals surface area contributed by atoms with Gasteiger partial charge in [-0.1, -0.05) is 0 Å². The summed E-state index contributed by atoms with van der Waals surface area (Å²) in [5, 5.41) is 9.96. The third-order valence-corrected chi connectivity index (χ3v) is 2.87. The number of phenols is 1. The minimum atomic E-state index is -2.55. The molecule has 0 bridgehead atoms. The summed E-state index contributed by atoms with van der Waals surface area (Å²) in [5.74, 6) is 0.502. The van der Waals surface area contributed by atoms with E-state index in [1.165, 1.54) is 12.1 Å². The van der Waals surface area contributed by atoms with Crippen molar-refractivity contribution >= 4 is 0 Å². The fraction of sp³-hybridized carbons (Fsp3) is 0.455. The maximum absolute atomic E-state index is 9.96. The van der Waals surface area contributed by atoms with Gasteiger partial charge in [0, 0.05) is 17.7 Å². The van der Waals surface area contributed by atoms with Gasteiger partial charge in [0.15, 0.2) is 0 Å². The van der Waals surface area contributed by atoms with Crippen LogP contribution in [0.2, 0.25) is 0 Å². The summed E-state index contributed by atoms with van der Waals surface area (Å²) in [6.45, 7) is 0.599. The molecular formula is C11H12O4. The van der Waals surface area contributed by atoms with Crippen molar-refractivity contribution in [3.63, 3.8) is 0 Å². The molecule has 1 aromatic rings. The standard InChI is InChI=1S/C11H12O4/c1-13-6-4-8(12)10-7-2-3-14-11(7)15-9(10)5-6/h4-5,7,11-12H,2-3H2,1H3/t7-,11+/m0/s1/i1D3. The molecular weight excluding hydrogens is 196 g/mol. The molecule has 0 aliphatic carbocycles. The zero-order valence-electron chi connectivity index (χ0n) is 10.9. The van der Waals surface area contributed by atoms with Gasteiger partial charge in [0.25, 0.3) is 0 Å². The van der Waals surface area contributed by atoms with E-state index in [2.05, 4.69) is 0 Å². The molecule has 2 atom stereocenters. The van der Waals surface area contributed by atoms with Crippen LogP contribution in [0.3, 0.4) is 0 Å². The number of methoxy groups -OCH3 is 1. The smallest absolute Gasteiger partial charge is 0.207 e. The summed E-state index contributed by atoms with van der Waals surface area (Å²) in [5.41, 5.74) is 0.676. The molecule has 0 spiro atoms. The SMILES string of the molecule is [2H]C([2H])([2H])Oc1cc(O)c2c(c1)O[C@H]1OCC[C@@H]21. The van der Waals surface area contributed by atoms with Gasteiger partial charge in [0.05, 0.1) is 23.7 Å². The van der Waals surface area contributed by atoms with E-state index >= 15 is 0 Å². The molecule has 1 saturated heterocycles. The molecule has 0 unspecified atom stereocenters. The molecule has 1 aromatic carbocycles. The number of aromatic hydroxyl groups is 1. The molecule has 4 heteroatoms. The maximum Gasteiger partial charge on any atom is 0.207 e. The summed E-state index contributed by atoms with van der Waals surface area (Å²) < 4.78 is 36.7. The Morgan fingerprint density at radius 3 is 3.40 bits per heavy atom. The Balaban J connectivity index is 1.95. The lowest BCUT2D eigenvalue weighted by Gasteiger charge is -2.07. The molecule has 15 heavy (non-hydrogen) atoms. The van der Waals surface area contributed by atoms with Gasteiger partial charge in [-0.25, -0.2) is 0 Å². The lowest BCUT2D eigenvalue weighted by molar-refractivity contribution is -0.0338. The van der Waals surface area contributed by atoms with Crippen LogP contribution in [-0.4, -0.2) is 25.0 Å². The molecule has 1 N–H and O–H groups in total. The third kappa shape index (κ3) is 1.18. The van der Waals surface area contributed by atoms with Crippen LogP contribution >= 0.6 is 0 Å². The summed E-state index contributed by atoms with van der Waals surface area (Å²) in [7, 11) is -2.55. The quantitative estimate of drug-likeness (QED) is 0.766. The molecule has 0 amide bonds. The predicted octanol–water partition coefficient (Wildman–Crippen LogP) is 1.62. The molecule has 0 radical (unpaired) electrons. The molecule has 2 aliphatic rings. The van der Waals surface area contributed by atoms with Gasteiger partial charge in [-0.15, -0.1) is 0 Å². The van der Waals surface area contributed by atoms with Gasteiger partial charge in [0.1, 0.15) is 17.2 Å². The van der Waals surface area contributed by atoms with Crippen molar-refractivity contribution in [2.75, 3.05) is 13.6 Å². The molecule has 2 heterocycles. The largest absolute Gasteiger partial charge is 0.507 e. The van der Waals surface area contributed by atoms with E-state index in [-0.39, 0.29) is 23.7 Å². The van der Waals surface area contributed by atoms with Crippen molar-refractivity contribution < 1.29 is 23.4 Å². The highest BCUT2D eigenvalue weighted by Crippen LogP contribution is 2.49. The van der Waals surface area contributed by atoms with Gasteiger partial charge >= 0.3 is 0 Å². The number of benzene rings is 1. The van der Waals surface area contributed by atoms with Gasteiger partial charge in [-0.05, 0) is 6.42 Å².